The van der Waals surface area contributed by atoms with Crippen molar-refractivity contribution in [1.82, 2.24) is 0 Å². The van der Waals surface area contributed by atoms with E-state index in [1.165, 1.54) is 15.6 Å². The van der Waals surface area contributed by atoms with E-state index >= 15 is 0 Å². The zero-order valence-corrected chi connectivity index (χ0v) is 9.03. The first-order chi connectivity index (χ1) is 5.75. The lowest BCUT2D eigenvalue weighted by Crippen LogP contribution is -2.13. The summed E-state index contributed by atoms with van der Waals surface area (Å²) in [7, 11) is 0. The monoisotopic (exact) mass is 244 g/mol. The van der Waals surface area contributed by atoms with Crippen LogP contribution in [0.15, 0.2) is 22.7 Å². The quantitative estimate of drug-likeness (QED) is 0.613. The average molecular weight is 246 g/mol. The summed E-state index contributed by atoms with van der Waals surface area (Å²) in [6.45, 7) is 0. The second-order valence-electron chi connectivity index (χ2n) is 3.25. The molecule has 1 aliphatic rings. The van der Waals surface area contributed by atoms with E-state index in [0.717, 1.165) is 19.3 Å². The van der Waals surface area contributed by atoms with Crippen molar-refractivity contribution >= 4 is 27.5 Å². The normalized spacial score (nSPS) is 22.0. The molecule has 0 nitrogen and oxygen atoms in total. The Morgan fingerprint density at radius 2 is 2.17 bits per heavy atom. The molecule has 0 fully saturated rings. The zero-order valence-electron chi connectivity index (χ0n) is 6.69. The molecule has 1 aromatic carbocycles. The highest BCUT2D eigenvalue weighted by Gasteiger charge is 2.15. The van der Waals surface area contributed by atoms with E-state index in [1.807, 2.05) is 0 Å². The Kier molecular flexibility index (Phi) is 2.42. The van der Waals surface area contributed by atoms with Crippen LogP contribution in [0.25, 0.3) is 0 Å². The van der Waals surface area contributed by atoms with Crippen molar-refractivity contribution in [1.29, 1.82) is 0 Å². The Morgan fingerprint density at radius 3 is 3.00 bits per heavy atom. The molecule has 2 heteroatoms. The lowest BCUT2D eigenvalue weighted by molar-refractivity contribution is 0.694. The molecule has 0 N–H and O–H groups in total. The lowest BCUT2D eigenvalue weighted by atomic mass is 9.92. The van der Waals surface area contributed by atoms with Gasteiger partial charge >= 0.3 is 0 Å². The second kappa shape index (κ2) is 3.39. The highest BCUT2D eigenvalue weighted by molar-refractivity contribution is 9.10. The molecule has 1 atom stereocenters. The third-order valence-corrected chi connectivity index (χ3v) is 3.20. The molecule has 1 unspecified atom stereocenters. The van der Waals surface area contributed by atoms with Gasteiger partial charge in [0.25, 0.3) is 0 Å². The van der Waals surface area contributed by atoms with Crippen LogP contribution < -0.4 is 0 Å². The Bertz CT molecular complexity index is 296. The van der Waals surface area contributed by atoms with Crippen molar-refractivity contribution in [3.63, 3.8) is 0 Å². The number of aryl methyl sites for hydroxylation is 1. The van der Waals surface area contributed by atoms with Gasteiger partial charge < -0.3 is 0 Å². The zero-order chi connectivity index (χ0) is 8.55. The molecule has 0 spiro atoms. The third-order valence-electron chi connectivity index (χ3n) is 2.34. The van der Waals surface area contributed by atoms with Crippen LogP contribution in [0, 0.1) is 0 Å². The summed E-state index contributed by atoms with van der Waals surface area (Å²) < 4.78 is 1.18. The first-order valence-electron chi connectivity index (χ1n) is 4.17. The van der Waals surface area contributed by atoms with Gasteiger partial charge in [-0.25, -0.2) is 0 Å². The Labute approximate surface area is 86.1 Å². The molecule has 64 valence electrons. The van der Waals surface area contributed by atoms with Gasteiger partial charge in [0.05, 0.1) is 0 Å². The SMILES string of the molecule is ClC1CCc2cc(Br)ccc2C1. The summed E-state index contributed by atoms with van der Waals surface area (Å²) >= 11 is 9.54. The largest absolute Gasteiger partial charge is 0.123 e. The molecular formula is C10H10BrCl. The van der Waals surface area contributed by atoms with Crippen LogP contribution in [0.5, 0.6) is 0 Å². The smallest absolute Gasteiger partial charge is 0.0379 e. The molecule has 0 radical (unpaired) electrons. The van der Waals surface area contributed by atoms with Crippen LogP contribution in [0.3, 0.4) is 0 Å². The van der Waals surface area contributed by atoms with Gasteiger partial charge in [0.15, 0.2) is 0 Å². The summed E-state index contributed by atoms with van der Waals surface area (Å²) in [5.74, 6) is 0. The van der Waals surface area contributed by atoms with E-state index < -0.39 is 0 Å². The molecule has 2 rings (SSSR count). The predicted molar refractivity (Wildman–Crippen MR) is 55.8 cm³/mol. The molecule has 0 bridgehead atoms. The van der Waals surface area contributed by atoms with Crippen molar-refractivity contribution < 1.29 is 0 Å². The van der Waals surface area contributed by atoms with Crippen molar-refractivity contribution in [2.24, 2.45) is 0 Å². The molecular weight excluding hydrogens is 235 g/mol. The Morgan fingerprint density at radius 1 is 1.33 bits per heavy atom. The maximum atomic E-state index is 6.07. The molecule has 0 saturated heterocycles. The van der Waals surface area contributed by atoms with Gasteiger partial charge in [-0.1, -0.05) is 22.0 Å². The van der Waals surface area contributed by atoms with Crippen LogP contribution in [-0.2, 0) is 12.8 Å². The standard InChI is InChI=1S/C10H10BrCl/c11-9-3-1-8-6-10(12)4-2-7(8)5-9/h1,3,5,10H,2,4,6H2. The Hall–Kier alpha value is -0.0100. The summed E-state index contributed by atoms with van der Waals surface area (Å²) in [4.78, 5) is 0. The number of hydrogen-bond acceptors (Lipinski definition) is 0. The fourth-order valence-electron chi connectivity index (χ4n) is 1.68. The number of halogens is 2. The number of alkyl halides is 1. The molecule has 1 aromatic rings. The van der Waals surface area contributed by atoms with E-state index in [2.05, 4.69) is 34.1 Å². The van der Waals surface area contributed by atoms with E-state index in [1.54, 1.807) is 0 Å². The molecule has 1 aliphatic carbocycles. The van der Waals surface area contributed by atoms with Gasteiger partial charge in [0, 0.05) is 9.85 Å². The number of benzene rings is 1. The topological polar surface area (TPSA) is 0 Å². The maximum absolute atomic E-state index is 6.07. The van der Waals surface area contributed by atoms with Crippen molar-refractivity contribution in [3.8, 4) is 0 Å². The van der Waals surface area contributed by atoms with E-state index in [0.29, 0.717) is 5.38 Å². The van der Waals surface area contributed by atoms with Gasteiger partial charge in [0.1, 0.15) is 0 Å². The van der Waals surface area contributed by atoms with E-state index in [4.69, 9.17) is 11.6 Å². The van der Waals surface area contributed by atoms with Crippen molar-refractivity contribution in [2.75, 3.05) is 0 Å². The molecule has 0 heterocycles. The minimum atomic E-state index is 0.346. The second-order valence-corrected chi connectivity index (χ2v) is 4.79. The van der Waals surface area contributed by atoms with Gasteiger partial charge in [-0.15, -0.1) is 11.6 Å². The first-order valence-corrected chi connectivity index (χ1v) is 5.40. The highest BCUT2D eigenvalue weighted by Crippen LogP contribution is 2.26. The summed E-state index contributed by atoms with van der Waals surface area (Å²) in [6, 6.07) is 6.47. The molecule has 12 heavy (non-hydrogen) atoms. The molecule has 0 saturated carbocycles. The van der Waals surface area contributed by atoms with Crippen LogP contribution in [0.4, 0.5) is 0 Å². The van der Waals surface area contributed by atoms with E-state index in [9.17, 15) is 0 Å². The van der Waals surface area contributed by atoms with Crippen LogP contribution in [0.1, 0.15) is 17.5 Å². The minimum absolute atomic E-state index is 0.346. The van der Waals surface area contributed by atoms with Crippen molar-refractivity contribution in [2.45, 2.75) is 24.6 Å². The fourth-order valence-corrected chi connectivity index (χ4v) is 2.36. The summed E-state index contributed by atoms with van der Waals surface area (Å²) in [6.07, 6.45) is 3.28. The predicted octanol–water partition coefficient (Wildman–Crippen LogP) is 3.55. The van der Waals surface area contributed by atoms with Gasteiger partial charge in [-0.3, -0.25) is 0 Å². The van der Waals surface area contributed by atoms with Crippen molar-refractivity contribution in [3.05, 3.63) is 33.8 Å². The van der Waals surface area contributed by atoms with Gasteiger partial charge in [-0.05, 0) is 42.5 Å². The van der Waals surface area contributed by atoms with Crippen LogP contribution >= 0.6 is 27.5 Å². The minimum Gasteiger partial charge on any atom is -0.123 e. The number of rotatable bonds is 0. The number of fused-ring (bicyclic) bond motifs is 1. The molecule has 0 amide bonds. The first kappa shape index (κ1) is 8.58. The third kappa shape index (κ3) is 1.67. The number of hydrogen-bond donors (Lipinski definition) is 0. The maximum Gasteiger partial charge on any atom is 0.0379 e. The molecule has 0 aliphatic heterocycles. The fraction of sp³-hybridized carbons (Fsp3) is 0.400. The summed E-state index contributed by atoms with van der Waals surface area (Å²) in [5.41, 5.74) is 2.88. The Balaban J connectivity index is 2.37. The van der Waals surface area contributed by atoms with Gasteiger partial charge in [-0.2, -0.15) is 0 Å². The van der Waals surface area contributed by atoms with E-state index in [-0.39, 0.29) is 0 Å². The van der Waals surface area contributed by atoms with Gasteiger partial charge in [0.2, 0.25) is 0 Å². The average Bonchev–Trinajstić information content (AvgIpc) is 2.05. The molecule has 0 aromatic heterocycles. The lowest BCUT2D eigenvalue weighted by Gasteiger charge is -2.19. The summed E-state index contributed by atoms with van der Waals surface area (Å²) in [5, 5.41) is 0.346. The van der Waals surface area contributed by atoms with Crippen LogP contribution in [0.2, 0.25) is 0 Å². The highest BCUT2D eigenvalue weighted by atomic mass is 79.9. The van der Waals surface area contributed by atoms with Crippen LogP contribution in [-0.4, -0.2) is 5.38 Å².